The van der Waals surface area contributed by atoms with E-state index in [0.717, 1.165) is 19.6 Å². The van der Waals surface area contributed by atoms with Crippen LogP contribution in [0.15, 0.2) is 36.4 Å². The number of nitrogens with one attached hydrogen (secondary N) is 1. The third kappa shape index (κ3) is 4.98. The molecule has 27 heavy (non-hydrogen) atoms. The van der Waals surface area contributed by atoms with Gasteiger partial charge >= 0.3 is 0 Å². The van der Waals surface area contributed by atoms with Crippen molar-refractivity contribution in [3.63, 3.8) is 0 Å². The second kappa shape index (κ2) is 8.70. The molecule has 3 rings (SSSR count). The van der Waals surface area contributed by atoms with E-state index in [0.29, 0.717) is 38.4 Å². The fourth-order valence-corrected chi connectivity index (χ4v) is 3.47. The van der Waals surface area contributed by atoms with Crippen LogP contribution in [-0.2, 0) is 9.59 Å². The number of hydrogen-bond acceptors (Lipinski definition) is 3. The molecular weight excluding hydrogens is 338 g/mol. The van der Waals surface area contributed by atoms with Crippen molar-refractivity contribution in [3.05, 3.63) is 42.0 Å². The van der Waals surface area contributed by atoms with Gasteiger partial charge in [0.05, 0.1) is 0 Å². The van der Waals surface area contributed by atoms with Crippen LogP contribution in [0.5, 0.6) is 0 Å². The van der Waals surface area contributed by atoms with Crippen molar-refractivity contribution in [2.24, 2.45) is 11.3 Å². The van der Waals surface area contributed by atoms with E-state index in [1.807, 2.05) is 23.1 Å². The number of hydrogen-bond donors (Lipinski definition) is 1. The summed E-state index contributed by atoms with van der Waals surface area (Å²) in [6, 6.07) is 10.3. The fourth-order valence-electron chi connectivity index (χ4n) is 3.47. The molecule has 1 aliphatic carbocycles. The Hall–Kier alpha value is -2.14. The highest BCUT2D eigenvalue weighted by Crippen LogP contribution is 2.47. The maximum Gasteiger partial charge on any atom is 0.238 e. The van der Waals surface area contributed by atoms with Crippen LogP contribution in [-0.4, -0.2) is 60.9 Å². The smallest absolute Gasteiger partial charge is 0.238 e. The standard InChI is InChI=1S/C22H31N3O2/c1-18(2)17-23-20(26)22(10-11-22)21(27)25-15-13-24(14-16-25)12-6-9-19-7-4-3-5-8-19/h3-9,18H,10-17H2,1-2H3,(H,23,26)/b9-6+. The Bertz CT molecular complexity index is 672. The number of rotatable bonds is 7. The molecule has 0 aromatic heterocycles. The largest absolute Gasteiger partial charge is 0.355 e. The van der Waals surface area contributed by atoms with E-state index in [1.54, 1.807) is 0 Å². The number of benzene rings is 1. The van der Waals surface area contributed by atoms with Crippen LogP contribution < -0.4 is 5.32 Å². The molecular formula is C22H31N3O2. The number of carbonyl (C=O) groups is 2. The van der Waals surface area contributed by atoms with Gasteiger partial charge in [-0.15, -0.1) is 0 Å². The first-order chi connectivity index (χ1) is 13.0. The molecule has 2 fully saturated rings. The summed E-state index contributed by atoms with van der Waals surface area (Å²) in [6.45, 7) is 8.77. The molecule has 2 aliphatic rings. The highest BCUT2D eigenvalue weighted by molar-refractivity contribution is 6.07. The zero-order valence-electron chi connectivity index (χ0n) is 16.5. The van der Waals surface area contributed by atoms with Crippen molar-refractivity contribution in [1.29, 1.82) is 0 Å². The number of piperazine rings is 1. The van der Waals surface area contributed by atoms with E-state index in [-0.39, 0.29) is 11.8 Å². The molecule has 1 saturated heterocycles. The van der Waals surface area contributed by atoms with E-state index >= 15 is 0 Å². The molecule has 0 unspecified atom stereocenters. The van der Waals surface area contributed by atoms with Gasteiger partial charge in [-0.05, 0) is 24.3 Å². The quantitative estimate of drug-likeness (QED) is 0.751. The Morgan fingerprint density at radius 2 is 1.78 bits per heavy atom. The molecule has 1 saturated carbocycles. The van der Waals surface area contributed by atoms with Crippen LogP contribution in [0.2, 0.25) is 0 Å². The van der Waals surface area contributed by atoms with E-state index in [2.05, 4.69) is 48.3 Å². The highest BCUT2D eigenvalue weighted by atomic mass is 16.2. The van der Waals surface area contributed by atoms with Crippen molar-refractivity contribution >= 4 is 17.9 Å². The van der Waals surface area contributed by atoms with Gasteiger partial charge in [0.2, 0.25) is 11.8 Å². The van der Waals surface area contributed by atoms with Crippen LogP contribution in [0.4, 0.5) is 0 Å². The monoisotopic (exact) mass is 369 g/mol. The molecule has 1 aromatic rings. The summed E-state index contributed by atoms with van der Waals surface area (Å²) in [4.78, 5) is 29.6. The minimum absolute atomic E-state index is 0.0308. The molecule has 1 aromatic carbocycles. The second-order valence-corrected chi connectivity index (χ2v) is 8.09. The first-order valence-corrected chi connectivity index (χ1v) is 10.0. The minimum Gasteiger partial charge on any atom is -0.355 e. The maximum atomic E-state index is 12.9. The second-order valence-electron chi connectivity index (χ2n) is 8.09. The number of nitrogens with zero attached hydrogens (tertiary/aromatic N) is 2. The Kier molecular flexibility index (Phi) is 6.32. The summed E-state index contributed by atoms with van der Waals surface area (Å²) in [6.07, 6.45) is 5.69. The first kappa shape index (κ1) is 19.6. The van der Waals surface area contributed by atoms with Gasteiger partial charge in [0, 0.05) is 39.3 Å². The lowest BCUT2D eigenvalue weighted by molar-refractivity contribution is -0.145. The van der Waals surface area contributed by atoms with Gasteiger partial charge in [-0.25, -0.2) is 0 Å². The SMILES string of the molecule is CC(C)CNC(=O)C1(C(=O)N2CCN(C/C=C/c3ccccc3)CC2)CC1. The minimum atomic E-state index is -0.774. The summed E-state index contributed by atoms with van der Waals surface area (Å²) in [7, 11) is 0. The highest BCUT2D eigenvalue weighted by Gasteiger charge is 2.58. The van der Waals surface area contributed by atoms with Crippen molar-refractivity contribution in [2.75, 3.05) is 39.3 Å². The van der Waals surface area contributed by atoms with Crippen LogP contribution >= 0.6 is 0 Å². The number of carbonyl (C=O) groups excluding carboxylic acids is 2. The summed E-state index contributed by atoms with van der Waals surface area (Å²) in [5, 5.41) is 2.95. The maximum absolute atomic E-state index is 12.9. The fraction of sp³-hybridized carbons (Fsp3) is 0.545. The predicted octanol–water partition coefficient (Wildman–Crippen LogP) is 2.40. The topological polar surface area (TPSA) is 52.7 Å². The van der Waals surface area contributed by atoms with Gasteiger partial charge in [0.25, 0.3) is 0 Å². The molecule has 0 atom stereocenters. The van der Waals surface area contributed by atoms with Gasteiger partial charge in [-0.3, -0.25) is 14.5 Å². The van der Waals surface area contributed by atoms with E-state index in [1.165, 1.54) is 5.56 Å². The molecule has 5 heteroatoms. The Morgan fingerprint density at radius 3 is 2.37 bits per heavy atom. The van der Waals surface area contributed by atoms with Gasteiger partial charge in [-0.1, -0.05) is 56.3 Å². The molecule has 146 valence electrons. The van der Waals surface area contributed by atoms with Crippen LogP contribution in [0.25, 0.3) is 6.08 Å². The van der Waals surface area contributed by atoms with Crippen molar-refractivity contribution in [2.45, 2.75) is 26.7 Å². The third-order valence-corrected chi connectivity index (χ3v) is 5.40. The average Bonchev–Trinajstić information content (AvgIpc) is 3.49. The normalized spacial score (nSPS) is 19.4. The molecule has 1 aliphatic heterocycles. The summed E-state index contributed by atoms with van der Waals surface area (Å²) < 4.78 is 0. The number of amides is 2. The van der Waals surface area contributed by atoms with Crippen LogP contribution in [0, 0.1) is 11.3 Å². The molecule has 0 radical (unpaired) electrons. The summed E-state index contributed by atoms with van der Waals surface area (Å²) in [5.41, 5.74) is 0.430. The van der Waals surface area contributed by atoms with Gasteiger partial charge < -0.3 is 10.2 Å². The predicted molar refractivity (Wildman–Crippen MR) is 108 cm³/mol. The average molecular weight is 370 g/mol. The zero-order valence-corrected chi connectivity index (χ0v) is 16.5. The summed E-state index contributed by atoms with van der Waals surface area (Å²) >= 11 is 0. The molecule has 5 nitrogen and oxygen atoms in total. The lowest BCUT2D eigenvalue weighted by Crippen LogP contribution is -2.53. The van der Waals surface area contributed by atoms with E-state index in [9.17, 15) is 9.59 Å². The van der Waals surface area contributed by atoms with E-state index in [4.69, 9.17) is 0 Å². The Balaban J connectivity index is 1.45. The van der Waals surface area contributed by atoms with Crippen molar-refractivity contribution < 1.29 is 9.59 Å². The molecule has 1 heterocycles. The molecule has 0 spiro atoms. The molecule has 2 amide bonds. The lowest BCUT2D eigenvalue weighted by Gasteiger charge is -2.36. The van der Waals surface area contributed by atoms with Gasteiger partial charge in [0.15, 0.2) is 0 Å². The van der Waals surface area contributed by atoms with Gasteiger partial charge in [-0.2, -0.15) is 0 Å². The third-order valence-electron chi connectivity index (χ3n) is 5.40. The van der Waals surface area contributed by atoms with Crippen LogP contribution in [0.3, 0.4) is 0 Å². The lowest BCUT2D eigenvalue weighted by atomic mass is 10.0. The first-order valence-electron chi connectivity index (χ1n) is 10.0. The Labute approximate surface area is 162 Å². The van der Waals surface area contributed by atoms with Crippen molar-refractivity contribution in [3.8, 4) is 0 Å². The zero-order chi connectivity index (χ0) is 19.3. The van der Waals surface area contributed by atoms with Crippen LogP contribution in [0.1, 0.15) is 32.3 Å². The van der Waals surface area contributed by atoms with Gasteiger partial charge in [0.1, 0.15) is 5.41 Å². The molecule has 1 N–H and O–H groups in total. The summed E-state index contributed by atoms with van der Waals surface area (Å²) in [5.74, 6) is 0.352. The molecule has 0 bridgehead atoms. The Morgan fingerprint density at radius 1 is 1.11 bits per heavy atom. The van der Waals surface area contributed by atoms with Crippen molar-refractivity contribution in [1.82, 2.24) is 15.1 Å². The van der Waals surface area contributed by atoms with E-state index < -0.39 is 5.41 Å².